The van der Waals surface area contributed by atoms with Crippen LogP contribution >= 0.6 is 0 Å². The molecule has 22 heavy (non-hydrogen) atoms. The molecular weight excluding hydrogens is 303 g/mol. The number of nitrogens with zero attached hydrogens (tertiary/aromatic N) is 1. The monoisotopic (exact) mass is 319 g/mol. The standard InChI is InChI=1S/C13H16F3N3O3/c1-19(7-11(17)20)8-12(21)18-6-9-4-2-3-5-10(9)22-13(14,15)16/h2-5H,6-8H2,1H3,(H2,17,20)(H,18,21). The van der Waals surface area contributed by atoms with Gasteiger partial charge in [0, 0.05) is 12.1 Å². The molecule has 0 aliphatic carbocycles. The molecule has 0 heterocycles. The van der Waals surface area contributed by atoms with Gasteiger partial charge in [-0.25, -0.2) is 0 Å². The number of likely N-dealkylation sites (N-methyl/N-ethyl adjacent to an activating group) is 1. The van der Waals surface area contributed by atoms with E-state index in [-0.39, 0.29) is 30.9 Å². The van der Waals surface area contributed by atoms with E-state index in [0.717, 1.165) is 6.07 Å². The van der Waals surface area contributed by atoms with Crippen molar-refractivity contribution >= 4 is 11.8 Å². The van der Waals surface area contributed by atoms with Gasteiger partial charge < -0.3 is 15.8 Å². The molecular formula is C13H16F3N3O3. The summed E-state index contributed by atoms with van der Waals surface area (Å²) in [7, 11) is 1.52. The largest absolute Gasteiger partial charge is 0.573 e. The molecule has 0 bridgehead atoms. The van der Waals surface area contributed by atoms with E-state index >= 15 is 0 Å². The third-order valence-corrected chi connectivity index (χ3v) is 2.51. The Kier molecular flexibility index (Phi) is 6.17. The predicted octanol–water partition coefficient (Wildman–Crippen LogP) is 0.619. The average molecular weight is 319 g/mol. The number of hydrogen-bond donors (Lipinski definition) is 2. The van der Waals surface area contributed by atoms with Crippen LogP contribution in [0.5, 0.6) is 5.75 Å². The molecule has 0 aliphatic rings. The Bertz CT molecular complexity index is 535. The average Bonchev–Trinajstić information content (AvgIpc) is 2.34. The quantitative estimate of drug-likeness (QED) is 0.771. The van der Waals surface area contributed by atoms with Gasteiger partial charge in [-0.05, 0) is 13.1 Å². The summed E-state index contributed by atoms with van der Waals surface area (Å²) < 4.78 is 40.6. The summed E-state index contributed by atoms with van der Waals surface area (Å²) >= 11 is 0. The van der Waals surface area contributed by atoms with E-state index < -0.39 is 18.2 Å². The number of hydrogen-bond acceptors (Lipinski definition) is 4. The minimum atomic E-state index is -4.80. The van der Waals surface area contributed by atoms with Crippen molar-refractivity contribution in [2.24, 2.45) is 5.73 Å². The molecule has 0 aliphatic heterocycles. The maximum atomic E-state index is 12.3. The maximum Gasteiger partial charge on any atom is 0.573 e. The Balaban J connectivity index is 2.57. The second kappa shape index (κ2) is 7.64. The fourth-order valence-corrected chi connectivity index (χ4v) is 1.69. The fraction of sp³-hybridized carbons (Fsp3) is 0.385. The lowest BCUT2D eigenvalue weighted by atomic mass is 10.2. The molecule has 1 rings (SSSR count). The molecule has 0 saturated heterocycles. The molecule has 0 atom stereocenters. The number of ether oxygens (including phenoxy) is 1. The summed E-state index contributed by atoms with van der Waals surface area (Å²) in [5.74, 6) is -1.41. The Morgan fingerprint density at radius 2 is 1.91 bits per heavy atom. The zero-order chi connectivity index (χ0) is 16.8. The van der Waals surface area contributed by atoms with Crippen LogP contribution in [0.4, 0.5) is 13.2 Å². The van der Waals surface area contributed by atoms with Gasteiger partial charge in [-0.3, -0.25) is 14.5 Å². The second-order valence-corrected chi connectivity index (χ2v) is 4.57. The highest BCUT2D eigenvalue weighted by molar-refractivity contribution is 5.80. The first-order chi connectivity index (χ1) is 10.2. The number of benzene rings is 1. The van der Waals surface area contributed by atoms with Crippen LogP contribution in [-0.4, -0.2) is 43.2 Å². The number of carbonyl (C=O) groups is 2. The van der Waals surface area contributed by atoms with Crippen molar-refractivity contribution < 1.29 is 27.5 Å². The number of halogens is 3. The number of amides is 2. The first-order valence-electron chi connectivity index (χ1n) is 6.24. The van der Waals surface area contributed by atoms with E-state index in [1.54, 1.807) is 0 Å². The molecule has 0 saturated carbocycles. The van der Waals surface area contributed by atoms with Gasteiger partial charge in [-0.1, -0.05) is 18.2 Å². The van der Waals surface area contributed by atoms with Crippen LogP contribution in [0.2, 0.25) is 0 Å². The summed E-state index contributed by atoms with van der Waals surface area (Å²) in [6, 6.07) is 5.50. The van der Waals surface area contributed by atoms with Crippen molar-refractivity contribution in [3.8, 4) is 5.75 Å². The van der Waals surface area contributed by atoms with Crippen LogP contribution in [-0.2, 0) is 16.1 Å². The van der Waals surface area contributed by atoms with Gasteiger partial charge in [0.25, 0.3) is 0 Å². The van der Waals surface area contributed by atoms with Crippen molar-refractivity contribution in [3.05, 3.63) is 29.8 Å². The molecule has 0 aromatic heterocycles. The van der Waals surface area contributed by atoms with E-state index in [2.05, 4.69) is 10.1 Å². The lowest BCUT2D eigenvalue weighted by Gasteiger charge is -2.16. The van der Waals surface area contributed by atoms with Gasteiger partial charge in [0.15, 0.2) is 0 Å². The summed E-state index contributed by atoms with van der Waals surface area (Å²) in [5.41, 5.74) is 5.16. The van der Waals surface area contributed by atoms with E-state index in [9.17, 15) is 22.8 Å². The van der Waals surface area contributed by atoms with Crippen LogP contribution in [0.25, 0.3) is 0 Å². The Morgan fingerprint density at radius 1 is 1.27 bits per heavy atom. The third-order valence-electron chi connectivity index (χ3n) is 2.51. The van der Waals surface area contributed by atoms with Crippen LogP contribution in [0.3, 0.4) is 0 Å². The Hall–Kier alpha value is -2.29. The Labute approximate surface area is 125 Å². The van der Waals surface area contributed by atoms with Gasteiger partial charge >= 0.3 is 6.36 Å². The van der Waals surface area contributed by atoms with Gasteiger partial charge in [-0.2, -0.15) is 0 Å². The molecule has 9 heteroatoms. The highest BCUT2D eigenvalue weighted by atomic mass is 19.4. The minimum Gasteiger partial charge on any atom is -0.405 e. The number of para-hydroxylation sites is 1. The second-order valence-electron chi connectivity index (χ2n) is 4.57. The van der Waals surface area contributed by atoms with Gasteiger partial charge in [0.1, 0.15) is 5.75 Å². The third kappa shape index (κ3) is 6.93. The smallest absolute Gasteiger partial charge is 0.405 e. The van der Waals surface area contributed by atoms with Crippen LogP contribution in [0.1, 0.15) is 5.56 Å². The molecule has 3 N–H and O–H groups in total. The van der Waals surface area contributed by atoms with Crippen LogP contribution in [0, 0.1) is 0 Å². The molecule has 122 valence electrons. The molecule has 2 amide bonds. The predicted molar refractivity (Wildman–Crippen MR) is 71.7 cm³/mol. The van der Waals surface area contributed by atoms with Crippen molar-refractivity contribution in [2.45, 2.75) is 12.9 Å². The zero-order valence-corrected chi connectivity index (χ0v) is 11.8. The zero-order valence-electron chi connectivity index (χ0n) is 11.8. The molecule has 0 fully saturated rings. The normalized spacial score (nSPS) is 11.3. The number of nitrogens with two attached hydrogens (primary N) is 1. The van der Waals surface area contributed by atoms with E-state index in [0.29, 0.717) is 0 Å². The van der Waals surface area contributed by atoms with Crippen LogP contribution in [0.15, 0.2) is 24.3 Å². The molecule has 1 aromatic rings. The fourth-order valence-electron chi connectivity index (χ4n) is 1.69. The first kappa shape index (κ1) is 17.8. The van der Waals surface area contributed by atoms with Gasteiger partial charge in [-0.15, -0.1) is 13.2 Å². The number of primary amides is 1. The van der Waals surface area contributed by atoms with Gasteiger partial charge in [0.05, 0.1) is 13.1 Å². The number of rotatable bonds is 7. The van der Waals surface area contributed by atoms with E-state index in [1.807, 2.05) is 0 Å². The molecule has 0 radical (unpaired) electrons. The lowest BCUT2D eigenvalue weighted by molar-refractivity contribution is -0.274. The molecule has 1 aromatic carbocycles. The summed E-state index contributed by atoms with van der Waals surface area (Å²) in [4.78, 5) is 23.7. The number of carbonyl (C=O) groups excluding carboxylic acids is 2. The topological polar surface area (TPSA) is 84.7 Å². The highest BCUT2D eigenvalue weighted by Gasteiger charge is 2.31. The summed E-state index contributed by atoms with van der Waals surface area (Å²) in [5, 5.41) is 2.45. The minimum absolute atomic E-state index is 0.0960. The molecule has 0 unspecified atom stereocenters. The van der Waals surface area contributed by atoms with Crippen molar-refractivity contribution in [2.75, 3.05) is 20.1 Å². The molecule has 0 spiro atoms. The lowest BCUT2D eigenvalue weighted by Crippen LogP contribution is -2.39. The molecule has 6 nitrogen and oxygen atoms in total. The number of alkyl halides is 3. The van der Waals surface area contributed by atoms with Crippen molar-refractivity contribution in [3.63, 3.8) is 0 Å². The van der Waals surface area contributed by atoms with Gasteiger partial charge in [0.2, 0.25) is 11.8 Å². The highest BCUT2D eigenvalue weighted by Crippen LogP contribution is 2.25. The number of nitrogens with one attached hydrogen (secondary N) is 1. The van der Waals surface area contributed by atoms with Crippen molar-refractivity contribution in [1.82, 2.24) is 10.2 Å². The SMILES string of the molecule is CN(CC(N)=O)CC(=O)NCc1ccccc1OC(F)(F)F. The van der Waals surface area contributed by atoms with Crippen LogP contribution < -0.4 is 15.8 Å². The van der Waals surface area contributed by atoms with Crippen molar-refractivity contribution in [1.29, 1.82) is 0 Å². The maximum absolute atomic E-state index is 12.3. The van der Waals surface area contributed by atoms with E-state index in [1.165, 1.54) is 30.1 Å². The Morgan fingerprint density at radius 3 is 2.50 bits per heavy atom. The van der Waals surface area contributed by atoms with E-state index in [4.69, 9.17) is 5.73 Å². The summed E-state index contributed by atoms with van der Waals surface area (Å²) in [6.07, 6.45) is -4.80. The summed E-state index contributed by atoms with van der Waals surface area (Å²) in [6.45, 7) is -0.331. The first-order valence-corrected chi connectivity index (χ1v) is 6.24.